The molecule has 1 heterocycles. The van der Waals surface area contributed by atoms with E-state index < -0.39 is 25.0 Å². The summed E-state index contributed by atoms with van der Waals surface area (Å²) in [4.78, 5) is 11.6. The summed E-state index contributed by atoms with van der Waals surface area (Å²) in [5, 5.41) is 1.54. The minimum atomic E-state index is -3.69. The van der Waals surface area contributed by atoms with Crippen molar-refractivity contribution in [3.8, 4) is 11.5 Å². The van der Waals surface area contributed by atoms with Gasteiger partial charge in [0.15, 0.2) is 24.0 Å². The van der Waals surface area contributed by atoms with Crippen LogP contribution in [0.15, 0.2) is 18.2 Å². The van der Waals surface area contributed by atoms with Crippen LogP contribution in [0.5, 0.6) is 11.5 Å². The number of benzene rings is 1. The average Bonchev–Trinajstić information content (AvgIpc) is 2.83. The zero-order valence-corrected chi connectivity index (χ0v) is 9.21. The zero-order chi connectivity index (χ0) is 13.2. The molecule has 0 amide bonds. The molecule has 0 saturated carbocycles. The molecular weight excluding hydrogens is 251 g/mol. The van der Waals surface area contributed by atoms with Gasteiger partial charge in [-0.2, -0.15) is 8.78 Å². The Morgan fingerprint density at radius 1 is 1.33 bits per heavy atom. The molecule has 1 N–H and O–H groups in total. The van der Waals surface area contributed by atoms with Gasteiger partial charge >= 0.3 is 6.05 Å². The number of alkyl halides is 3. The Morgan fingerprint density at radius 2 is 2.06 bits per heavy atom. The van der Waals surface area contributed by atoms with Crippen LogP contribution in [0, 0.1) is 0 Å². The van der Waals surface area contributed by atoms with Crippen LogP contribution in [-0.4, -0.2) is 31.8 Å². The second-order valence-electron chi connectivity index (χ2n) is 3.68. The molecule has 2 rings (SSSR count). The summed E-state index contributed by atoms with van der Waals surface area (Å²) in [7, 11) is 0. The van der Waals surface area contributed by atoms with Gasteiger partial charge in [0.05, 0.1) is 6.54 Å². The molecule has 0 saturated heterocycles. The average molecular weight is 261 g/mol. The number of Topliss-reactive ketones (excluding diaryl/α,β-unsaturated/α-hetero) is 1. The lowest BCUT2D eigenvalue weighted by atomic mass is 10.1. The van der Waals surface area contributed by atoms with Crippen molar-refractivity contribution in [1.82, 2.24) is 5.32 Å². The second-order valence-corrected chi connectivity index (χ2v) is 3.68. The maximum atomic E-state index is 12.6. The summed E-state index contributed by atoms with van der Waals surface area (Å²) in [6.45, 7) is -2.46. The number of rotatable bonds is 5. The molecule has 1 aromatic rings. The van der Waals surface area contributed by atoms with Crippen LogP contribution in [0.4, 0.5) is 13.2 Å². The number of carbonyl (C=O) groups is 1. The van der Waals surface area contributed by atoms with Gasteiger partial charge in [-0.3, -0.25) is 4.79 Å². The summed E-state index contributed by atoms with van der Waals surface area (Å²) in [5.41, 5.74) is 0.196. The van der Waals surface area contributed by atoms with Gasteiger partial charge in [0.2, 0.25) is 6.79 Å². The number of ketones is 1. The molecule has 0 radical (unpaired) electrons. The van der Waals surface area contributed by atoms with Crippen molar-refractivity contribution in [2.24, 2.45) is 0 Å². The third-order valence-corrected chi connectivity index (χ3v) is 2.37. The molecule has 0 fully saturated rings. The Labute approximate surface area is 101 Å². The molecular formula is C11H10F3NO3. The number of halogens is 3. The maximum Gasteiger partial charge on any atom is 0.330 e. The van der Waals surface area contributed by atoms with Crippen molar-refractivity contribution < 1.29 is 27.4 Å². The van der Waals surface area contributed by atoms with Gasteiger partial charge in [-0.15, -0.1) is 0 Å². The SMILES string of the molecule is O=C(CNC(F)(F)CF)c1ccc2c(c1)OCO2. The van der Waals surface area contributed by atoms with Gasteiger partial charge < -0.3 is 9.47 Å². The number of hydrogen-bond donors (Lipinski definition) is 1. The van der Waals surface area contributed by atoms with E-state index in [1.165, 1.54) is 18.2 Å². The largest absolute Gasteiger partial charge is 0.454 e. The lowest BCUT2D eigenvalue weighted by molar-refractivity contribution is -0.0525. The Hall–Kier alpha value is -1.76. The fourth-order valence-corrected chi connectivity index (χ4v) is 1.43. The van der Waals surface area contributed by atoms with Crippen molar-refractivity contribution in [3.63, 3.8) is 0 Å². The highest BCUT2D eigenvalue weighted by Crippen LogP contribution is 2.32. The van der Waals surface area contributed by atoms with E-state index >= 15 is 0 Å². The number of ether oxygens (including phenoxy) is 2. The minimum Gasteiger partial charge on any atom is -0.454 e. The lowest BCUT2D eigenvalue weighted by Crippen LogP contribution is -2.41. The number of hydrogen-bond acceptors (Lipinski definition) is 4. The summed E-state index contributed by atoms with van der Waals surface area (Å²) in [6.07, 6.45) is 0. The molecule has 0 bridgehead atoms. The Balaban J connectivity index is 2.01. The van der Waals surface area contributed by atoms with E-state index in [0.717, 1.165) is 0 Å². The highest BCUT2D eigenvalue weighted by molar-refractivity contribution is 5.98. The molecule has 1 aliphatic rings. The van der Waals surface area contributed by atoms with Crippen molar-refractivity contribution in [2.45, 2.75) is 6.05 Å². The van der Waals surface area contributed by atoms with Crippen molar-refractivity contribution in [2.75, 3.05) is 20.0 Å². The van der Waals surface area contributed by atoms with Crippen LogP contribution in [-0.2, 0) is 0 Å². The first kappa shape index (κ1) is 12.7. The summed E-state index contributed by atoms with van der Waals surface area (Å²) < 4.78 is 47.1. The molecule has 0 aliphatic carbocycles. The second kappa shape index (κ2) is 4.85. The van der Waals surface area contributed by atoms with Gasteiger partial charge in [-0.25, -0.2) is 9.71 Å². The van der Waals surface area contributed by atoms with Gasteiger partial charge in [0, 0.05) is 5.56 Å². The predicted octanol–water partition coefficient (Wildman–Crippen LogP) is 1.75. The van der Waals surface area contributed by atoms with E-state index in [4.69, 9.17) is 9.47 Å². The van der Waals surface area contributed by atoms with Crippen LogP contribution in [0.25, 0.3) is 0 Å². The number of nitrogens with one attached hydrogen (secondary N) is 1. The monoisotopic (exact) mass is 261 g/mol. The Morgan fingerprint density at radius 3 is 2.78 bits per heavy atom. The fraction of sp³-hybridized carbons (Fsp3) is 0.364. The first-order valence-electron chi connectivity index (χ1n) is 5.13. The van der Waals surface area contributed by atoms with Crippen molar-refractivity contribution >= 4 is 5.78 Å². The zero-order valence-electron chi connectivity index (χ0n) is 9.21. The third-order valence-electron chi connectivity index (χ3n) is 2.37. The molecule has 7 heteroatoms. The first-order chi connectivity index (χ1) is 8.52. The van der Waals surface area contributed by atoms with Crippen molar-refractivity contribution in [1.29, 1.82) is 0 Å². The molecule has 1 aromatic carbocycles. The highest BCUT2D eigenvalue weighted by Gasteiger charge is 2.29. The van der Waals surface area contributed by atoms with Gasteiger partial charge in [-0.1, -0.05) is 0 Å². The van der Waals surface area contributed by atoms with Crippen LogP contribution in [0.1, 0.15) is 10.4 Å². The quantitative estimate of drug-likeness (QED) is 0.648. The van der Waals surface area contributed by atoms with E-state index in [9.17, 15) is 18.0 Å². The lowest BCUT2D eigenvalue weighted by Gasteiger charge is -2.13. The molecule has 98 valence electrons. The molecule has 0 spiro atoms. The maximum absolute atomic E-state index is 12.6. The molecule has 18 heavy (non-hydrogen) atoms. The van der Waals surface area contributed by atoms with Gasteiger partial charge in [0.1, 0.15) is 0 Å². The minimum absolute atomic E-state index is 0.0607. The van der Waals surface area contributed by atoms with Gasteiger partial charge in [0.25, 0.3) is 0 Å². The first-order valence-corrected chi connectivity index (χ1v) is 5.13. The van der Waals surface area contributed by atoms with Crippen LogP contribution in [0.2, 0.25) is 0 Å². The van der Waals surface area contributed by atoms with Gasteiger partial charge in [-0.05, 0) is 18.2 Å². The van der Waals surface area contributed by atoms with E-state index in [1.807, 2.05) is 0 Å². The van der Waals surface area contributed by atoms with E-state index in [0.29, 0.717) is 11.5 Å². The summed E-state index contributed by atoms with van der Waals surface area (Å²) in [6, 6.07) is 0.667. The smallest absolute Gasteiger partial charge is 0.330 e. The Kier molecular flexibility index (Phi) is 3.42. The molecule has 0 atom stereocenters. The molecule has 0 unspecified atom stereocenters. The molecule has 1 aliphatic heterocycles. The van der Waals surface area contributed by atoms with Crippen LogP contribution in [0.3, 0.4) is 0 Å². The molecule has 0 aromatic heterocycles. The normalized spacial score (nSPS) is 13.7. The van der Waals surface area contributed by atoms with E-state index in [1.54, 1.807) is 5.32 Å². The highest BCUT2D eigenvalue weighted by atomic mass is 19.3. The fourth-order valence-electron chi connectivity index (χ4n) is 1.43. The van der Waals surface area contributed by atoms with Crippen LogP contribution >= 0.6 is 0 Å². The van der Waals surface area contributed by atoms with E-state index in [2.05, 4.69) is 0 Å². The topological polar surface area (TPSA) is 47.6 Å². The Bertz CT molecular complexity index is 465. The summed E-state index contributed by atoms with van der Waals surface area (Å²) >= 11 is 0. The summed E-state index contributed by atoms with van der Waals surface area (Å²) in [5.74, 6) is 0.299. The third kappa shape index (κ3) is 2.73. The standard InChI is InChI=1S/C11H10F3NO3/c12-5-11(13,14)15-4-8(16)7-1-2-9-10(3-7)18-6-17-9/h1-3,15H,4-6H2. The van der Waals surface area contributed by atoms with Crippen LogP contribution < -0.4 is 14.8 Å². The predicted molar refractivity (Wildman–Crippen MR) is 55.8 cm³/mol. The number of carbonyl (C=O) groups excluding carboxylic acids is 1. The number of fused-ring (bicyclic) bond motifs is 1. The van der Waals surface area contributed by atoms with E-state index in [-0.39, 0.29) is 12.4 Å². The van der Waals surface area contributed by atoms with Crippen molar-refractivity contribution in [3.05, 3.63) is 23.8 Å². The molecule has 4 nitrogen and oxygen atoms in total.